The SMILES string of the molecule is NS(=O)(=O)CCNc1ncc([N+](=O)[O-])cn1. The Morgan fingerprint density at radius 3 is 2.44 bits per heavy atom. The van der Waals surface area contributed by atoms with Gasteiger partial charge in [-0.1, -0.05) is 0 Å². The lowest BCUT2D eigenvalue weighted by Crippen LogP contribution is -2.22. The van der Waals surface area contributed by atoms with Crippen molar-refractivity contribution in [2.45, 2.75) is 0 Å². The summed E-state index contributed by atoms with van der Waals surface area (Å²) < 4.78 is 21.1. The molecule has 0 aromatic carbocycles. The van der Waals surface area contributed by atoms with Crippen molar-refractivity contribution in [1.82, 2.24) is 9.97 Å². The maximum atomic E-state index is 10.6. The Kier molecular flexibility index (Phi) is 3.68. The van der Waals surface area contributed by atoms with Gasteiger partial charge in [0.1, 0.15) is 12.4 Å². The van der Waals surface area contributed by atoms with E-state index in [1.807, 2.05) is 0 Å². The summed E-state index contributed by atoms with van der Waals surface area (Å²) in [5.74, 6) is -0.165. The molecule has 1 rings (SSSR count). The highest BCUT2D eigenvalue weighted by Gasteiger charge is 2.07. The van der Waals surface area contributed by atoms with Crippen molar-refractivity contribution in [3.05, 3.63) is 22.5 Å². The normalized spacial score (nSPS) is 11.1. The second-order valence-electron chi connectivity index (χ2n) is 2.82. The number of nitrogens with two attached hydrogens (primary N) is 1. The number of nitrogens with zero attached hydrogens (tertiary/aromatic N) is 3. The number of nitro groups is 1. The molecule has 0 bridgehead atoms. The van der Waals surface area contributed by atoms with Gasteiger partial charge in [-0.05, 0) is 0 Å². The molecular weight excluding hydrogens is 238 g/mol. The van der Waals surface area contributed by atoms with Crippen molar-refractivity contribution in [3.63, 3.8) is 0 Å². The molecule has 1 heterocycles. The molecule has 0 aliphatic heterocycles. The molecule has 0 spiro atoms. The average molecular weight is 247 g/mol. The van der Waals surface area contributed by atoms with Crippen LogP contribution in [0.1, 0.15) is 0 Å². The van der Waals surface area contributed by atoms with E-state index >= 15 is 0 Å². The summed E-state index contributed by atoms with van der Waals surface area (Å²) in [5.41, 5.74) is -0.239. The van der Waals surface area contributed by atoms with Crippen LogP contribution in [0.5, 0.6) is 0 Å². The Morgan fingerprint density at radius 1 is 1.44 bits per heavy atom. The van der Waals surface area contributed by atoms with Crippen LogP contribution in [0.25, 0.3) is 0 Å². The number of nitrogens with one attached hydrogen (secondary N) is 1. The summed E-state index contributed by atoms with van der Waals surface area (Å²) in [5, 5.41) is 17.6. The summed E-state index contributed by atoms with van der Waals surface area (Å²) >= 11 is 0. The Bertz CT molecular complexity index is 470. The van der Waals surface area contributed by atoms with Gasteiger partial charge in [-0.25, -0.2) is 23.5 Å². The van der Waals surface area contributed by atoms with Crippen LogP contribution < -0.4 is 10.5 Å². The Morgan fingerprint density at radius 2 is 2.00 bits per heavy atom. The van der Waals surface area contributed by atoms with E-state index in [9.17, 15) is 18.5 Å². The van der Waals surface area contributed by atoms with E-state index in [2.05, 4.69) is 15.3 Å². The first-order valence-corrected chi connectivity index (χ1v) is 5.81. The van der Waals surface area contributed by atoms with E-state index in [1.54, 1.807) is 0 Å². The molecule has 0 radical (unpaired) electrons. The van der Waals surface area contributed by atoms with E-state index in [0.29, 0.717) is 0 Å². The number of hydrogen-bond acceptors (Lipinski definition) is 7. The van der Waals surface area contributed by atoms with Crippen molar-refractivity contribution < 1.29 is 13.3 Å². The molecular formula is C6H9N5O4S. The van der Waals surface area contributed by atoms with Crippen LogP contribution in [-0.2, 0) is 10.0 Å². The highest BCUT2D eigenvalue weighted by Crippen LogP contribution is 2.07. The van der Waals surface area contributed by atoms with Gasteiger partial charge in [0.25, 0.3) is 0 Å². The second-order valence-corrected chi connectivity index (χ2v) is 4.55. The molecule has 1 aromatic rings. The van der Waals surface area contributed by atoms with Gasteiger partial charge in [0, 0.05) is 6.54 Å². The van der Waals surface area contributed by atoms with Crippen LogP contribution in [0.4, 0.5) is 11.6 Å². The predicted octanol–water partition coefficient (Wildman–Crippen LogP) is -0.915. The maximum absolute atomic E-state index is 10.6. The van der Waals surface area contributed by atoms with Gasteiger partial charge in [-0.15, -0.1) is 0 Å². The zero-order valence-corrected chi connectivity index (χ0v) is 8.85. The van der Waals surface area contributed by atoms with Crippen LogP contribution in [0, 0.1) is 10.1 Å². The molecule has 0 amide bonds. The zero-order valence-electron chi connectivity index (χ0n) is 8.03. The first-order chi connectivity index (χ1) is 7.38. The Labute approximate surface area is 90.9 Å². The Hall–Kier alpha value is -1.81. The largest absolute Gasteiger partial charge is 0.353 e. The molecule has 0 saturated carbocycles. The standard InChI is InChI=1S/C6H9N5O4S/c7-16(14,15)2-1-8-6-9-3-5(4-10-6)11(12)13/h3-4H,1-2H2,(H2,7,14,15)(H,8,9,10). The maximum Gasteiger partial charge on any atom is 0.305 e. The lowest BCUT2D eigenvalue weighted by molar-refractivity contribution is -0.385. The minimum atomic E-state index is -3.54. The van der Waals surface area contributed by atoms with Gasteiger partial charge < -0.3 is 5.32 Å². The third kappa shape index (κ3) is 4.14. The van der Waals surface area contributed by atoms with Crippen LogP contribution in [0.2, 0.25) is 0 Å². The molecule has 0 aliphatic carbocycles. The summed E-state index contributed by atoms with van der Waals surface area (Å²) in [7, 11) is -3.54. The molecule has 0 unspecified atom stereocenters. The molecule has 16 heavy (non-hydrogen) atoms. The molecule has 88 valence electrons. The molecule has 0 aliphatic rings. The van der Waals surface area contributed by atoms with Crippen LogP contribution in [-0.4, -0.2) is 35.6 Å². The third-order valence-electron chi connectivity index (χ3n) is 1.52. The molecule has 10 heteroatoms. The van der Waals surface area contributed by atoms with Gasteiger partial charge in [0.15, 0.2) is 0 Å². The van der Waals surface area contributed by atoms with Crippen molar-refractivity contribution >= 4 is 21.7 Å². The van der Waals surface area contributed by atoms with E-state index in [1.165, 1.54) is 0 Å². The number of primary sulfonamides is 1. The number of anilines is 1. The van der Waals surface area contributed by atoms with Crippen LogP contribution in [0.15, 0.2) is 12.4 Å². The first-order valence-electron chi connectivity index (χ1n) is 4.09. The van der Waals surface area contributed by atoms with Crippen LogP contribution in [0.3, 0.4) is 0 Å². The van der Waals surface area contributed by atoms with Gasteiger partial charge in [0.2, 0.25) is 16.0 Å². The van der Waals surface area contributed by atoms with Gasteiger partial charge in [0.05, 0.1) is 10.7 Å². The number of rotatable bonds is 5. The third-order valence-corrected chi connectivity index (χ3v) is 2.29. The fourth-order valence-corrected chi connectivity index (χ4v) is 1.20. The van der Waals surface area contributed by atoms with Crippen LogP contribution >= 0.6 is 0 Å². The van der Waals surface area contributed by atoms with E-state index in [4.69, 9.17) is 5.14 Å². The lowest BCUT2D eigenvalue weighted by atomic mass is 10.5. The first kappa shape index (κ1) is 12.3. The second kappa shape index (κ2) is 4.81. The minimum absolute atomic E-state index is 0.0383. The topological polar surface area (TPSA) is 141 Å². The quantitative estimate of drug-likeness (QED) is 0.506. The highest BCUT2D eigenvalue weighted by molar-refractivity contribution is 7.89. The molecule has 0 atom stereocenters. The predicted molar refractivity (Wildman–Crippen MR) is 55.2 cm³/mol. The fourth-order valence-electron chi connectivity index (χ4n) is 0.812. The summed E-state index contributed by atoms with van der Waals surface area (Å²) in [6.07, 6.45) is 2.04. The monoisotopic (exact) mass is 247 g/mol. The molecule has 9 nitrogen and oxygen atoms in total. The Balaban J connectivity index is 2.53. The summed E-state index contributed by atoms with van der Waals surface area (Å²) in [6.45, 7) is 0.0383. The van der Waals surface area contributed by atoms with E-state index in [-0.39, 0.29) is 23.9 Å². The van der Waals surface area contributed by atoms with Gasteiger partial charge in [-0.3, -0.25) is 10.1 Å². The molecule has 0 saturated heterocycles. The lowest BCUT2D eigenvalue weighted by Gasteiger charge is -2.02. The van der Waals surface area contributed by atoms with Crippen molar-refractivity contribution in [2.75, 3.05) is 17.6 Å². The van der Waals surface area contributed by atoms with Gasteiger partial charge >= 0.3 is 5.69 Å². The average Bonchev–Trinajstić information content (AvgIpc) is 2.16. The zero-order chi connectivity index (χ0) is 12.2. The molecule has 3 N–H and O–H groups in total. The summed E-state index contributed by atoms with van der Waals surface area (Å²) in [6, 6.07) is 0. The van der Waals surface area contributed by atoms with Crippen molar-refractivity contribution in [1.29, 1.82) is 0 Å². The van der Waals surface area contributed by atoms with E-state index in [0.717, 1.165) is 12.4 Å². The molecule has 0 fully saturated rings. The smallest absolute Gasteiger partial charge is 0.305 e. The van der Waals surface area contributed by atoms with Crippen molar-refractivity contribution in [3.8, 4) is 0 Å². The minimum Gasteiger partial charge on any atom is -0.353 e. The number of hydrogen-bond donors (Lipinski definition) is 2. The number of sulfonamides is 1. The number of aromatic nitrogens is 2. The van der Waals surface area contributed by atoms with E-state index < -0.39 is 14.9 Å². The fraction of sp³-hybridized carbons (Fsp3) is 0.333. The molecule has 1 aromatic heterocycles. The van der Waals surface area contributed by atoms with Crippen molar-refractivity contribution in [2.24, 2.45) is 5.14 Å². The summed E-state index contributed by atoms with van der Waals surface area (Å²) in [4.78, 5) is 16.9. The van der Waals surface area contributed by atoms with Gasteiger partial charge in [-0.2, -0.15) is 0 Å². The highest BCUT2D eigenvalue weighted by atomic mass is 32.2.